The maximum atomic E-state index is 7.90. The van der Waals surface area contributed by atoms with Gasteiger partial charge in [-0.05, 0) is 113 Å². The van der Waals surface area contributed by atoms with Gasteiger partial charge in [0.15, 0.2) is 0 Å². The molecule has 1 saturated heterocycles. The largest absolute Gasteiger partial charge is 0.367 e. The summed E-state index contributed by atoms with van der Waals surface area (Å²) >= 11 is 0. The number of ether oxygens (including phenoxy) is 1. The van der Waals surface area contributed by atoms with Crippen molar-refractivity contribution in [1.29, 1.82) is 0 Å². The summed E-state index contributed by atoms with van der Waals surface area (Å²) in [7, 11) is 0. The minimum Gasteiger partial charge on any atom is -0.367 e. The van der Waals surface area contributed by atoms with Gasteiger partial charge in [-0.2, -0.15) is 0 Å². The molecule has 1 rings (SSSR count). The third-order valence-corrected chi connectivity index (χ3v) is 6.27. The van der Waals surface area contributed by atoms with E-state index in [2.05, 4.69) is 85.4 Å². The van der Waals surface area contributed by atoms with Crippen molar-refractivity contribution in [2.45, 2.75) is 124 Å². The van der Waals surface area contributed by atoms with Crippen LogP contribution in [0.1, 0.15) is 114 Å². The summed E-state index contributed by atoms with van der Waals surface area (Å²) < 4.78 is 13.6. The maximum Gasteiger partial charge on any atom is 0.0892 e. The lowest BCUT2D eigenvalue weighted by Crippen LogP contribution is -2.02. The predicted octanol–water partition coefficient (Wildman–Crippen LogP) is 9.98. The van der Waals surface area contributed by atoms with E-state index in [-0.39, 0.29) is 5.60 Å². The average Bonchev–Trinajstić information content (AvgIpc) is 3.34. The molecule has 1 heteroatoms. The Morgan fingerprint density at radius 1 is 0.750 bits per heavy atom. The zero-order chi connectivity index (χ0) is 24.9. The Balaban J connectivity index is 2.26. The molecule has 0 aromatic carbocycles. The predicted molar refractivity (Wildman–Crippen MR) is 144 cm³/mol. The molecule has 0 bridgehead atoms. The van der Waals surface area contributed by atoms with E-state index in [0.29, 0.717) is 12.2 Å². The van der Waals surface area contributed by atoms with Gasteiger partial charge in [0.2, 0.25) is 0 Å². The second-order valence-electron chi connectivity index (χ2n) is 10.3. The molecular weight excluding hydrogens is 388 g/mol. The average molecular weight is 441 g/mol. The fraction of sp³-hybridized carbons (Fsp3) is 0.613. The zero-order valence-electron chi connectivity index (χ0n) is 23.2. The van der Waals surface area contributed by atoms with Gasteiger partial charge in [-0.3, -0.25) is 0 Å². The first-order chi connectivity index (χ1) is 15.5. The molecule has 32 heavy (non-hydrogen) atoms. The van der Waals surface area contributed by atoms with Gasteiger partial charge in [0, 0.05) is 0 Å². The lowest BCUT2D eigenvalue weighted by molar-refractivity contribution is 0.320. The van der Waals surface area contributed by atoms with E-state index >= 15 is 0 Å². The monoisotopic (exact) mass is 440 g/mol. The summed E-state index contributed by atoms with van der Waals surface area (Å²) in [5.41, 5.74) is 6.98. The quantitative estimate of drug-likeness (QED) is 0.101. The van der Waals surface area contributed by atoms with E-state index in [1.807, 2.05) is 0 Å². The molecule has 0 N–H and O–H groups in total. The van der Waals surface area contributed by atoms with Gasteiger partial charge in [-0.1, -0.05) is 70.9 Å². The minimum atomic E-state index is 0.119. The molecule has 0 unspecified atom stereocenters. The first-order valence-corrected chi connectivity index (χ1v) is 12.6. The molecule has 1 atom stereocenters. The zero-order valence-corrected chi connectivity index (χ0v) is 22.2. The van der Waals surface area contributed by atoms with Crippen LogP contribution in [0.3, 0.4) is 0 Å². The van der Waals surface area contributed by atoms with Gasteiger partial charge in [0.1, 0.15) is 0 Å². The SMILES string of the molecule is [3H]C(=C)/C(=C\CC/C(C)=C/CC/C=C(\C)CC/C=C(\C)CC[C@@H]1OC1(C)C)CCC=C(C)C. The van der Waals surface area contributed by atoms with E-state index in [9.17, 15) is 0 Å². The van der Waals surface area contributed by atoms with Crippen molar-refractivity contribution in [2.24, 2.45) is 0 Å². The highest BCUT2D eigenvalue weighted by Crippen LogP contribution is 2.38. The van der Waals surface area contributed by atoms with Crippen LogP contribution in [0.25, 0.3) is 0 Å². The molecule has 0 radical (unpaired) electrons. The van der Waals surface area contributed by atoms with Crippen molar-refractivity contribution in [1.82, 2.24) is 0 Å². The summed E-state index contributed by atoms with van der Waals surface area (Å²) in [6.45, 7) is 19.2. The van der Waals surface area contributed by atoms with Crippen LogP contribution in [0.5, 0.6) is 0 Å². The van der Waals surface area contributed by atoms with E-state index in [1.165, 1.54) is 22.3 Å². The van der Waals surface area contributed by atoms with Crippen LogP contribution in [-0.4, -0.2) is 11.7 Å². The van der Waals surface area contributed by atoms with Crippen LogP contribution >= 0.6 is 0 Å². The number of allylic oxidation sites excluding steroid dienone is 11. The summed E-state index contributed by atoms with van der Waals surface area (Å²) in [4.78, 5) is 0. The second-order valence-corrected chi connectivity index (χ2v) is 10.3. The molecule has 0 amide bonds. The van der Waals surface area contributed by atoms with Gasteiger partial charge in [0.25, 0.3) is 0 Å². The van der Waals surface area contributed by atoms with Crippen molar-refractivity contribution in [3.8, 4) is 0 Å². The molecular formula is C31H50O. The van der Waals surface area contributed by atoms with E-state index < -0.39 is 0 Å². The summed E-state index contributed by atoms with van der Waals surface area (Å²) in [6.07, 6.45) is 22.9. The smallest absolute Gasteiger partial charge is 0.0892 e. The Morgan fingerprint density at radius 2 is 1.22 bits per heavy atom. The summed E-state index contributed by atoms with van der Waals surface area (Å²) in [5, 5.41) is 0. The molecule has 0 aliphatic carbocycles. The fourth-order valence-electron chi connectivity index (χ4n) is 3.86. The fourth-order valence-corrected chi connectivity index (χ4v) is 3.86. The molecule has 0 aromatic rings. The van der Waals surface area contributed by atoms with Crippen molar-refractivity contribution in [2.75, 3.05) is 0 Å². The lowest BCUT2D eigenvalue weighted by Gasteiger charge is -2.03. The Morgan fingerprint density at radius 3 is 1.72 bits per heavy atom. The third-order valence-electron chi connectivity index (χ3n) is 6.27. The van der Waals surface area contributed by atoms with Crippen LogP contribution in [0.2, 0.25) is 0 Å². The number of unbranched alkanes of at least 4 members (excludes halogenated alkanes) is 1. The Bertz CT molecular complexity index is 769. The van der Waals surface area contributed by atoms with E-state index in [0.717, 1.165) is 69.8 Å². The van der Waals surface area contributed by atoms with Crippen LogP contribution in [-0.2, 0) is 4.74 Å². The molecule has 0 spiro atoms. The third kappa shape index (κ3) is 13.7. The van der Waals surface area contributed by atoms with Gasteiger partial charge in [-0.25, -0.2) is 0 Å². The Labute approximate surface area is 201 Å². The normalized spacial score (nSPS) is 19.6. The molecule has 1 aliphatic rings. The standard InChI is InChI=1S/C31H50O/c1-9-29(21-12-15-25(2)3)22-14-20-27(5)17-11-10-16-26(4)18-13-19-28(6)23-24-30-31(7,8)32-30/h9,15-17,19,22,30H,1,10-14,18,20-21,23-24H2,2-8H3/b26-16+,27-17+,28-19+,29-22+/t30-/m0/s1/i9T. The first kappa shape index (κ1) is 26.7. The lowest BCUT2D eigenvalue weighted by atomic mass is 10.0. The second kappa shape index (κ2) is 15.3. The van der Waals surface area contributed by atoms with Crippen LogP contribution in [0.4, 0.5) is 0 Å². The number of rotatable bonds is 16. The van der Waals surface area contributed by atoms with Crippen LogP contribution in [0, 0.1) is 0 Å². The Kier molecular flexibility index (Phi) is 12.7. The van der Waals surface area contributed by atoms with Gasteiger partial charge in [-0.15, -0.1) is 0 Å². The van der Waals surface area contributed by atoms with Gasteiger partial charge >= 0.3 is 0 Å². The number of hydrogen-bond donors (Lipinski definition) is 0. The van der Waals surface area contributed by atoms with E-state index in [1.54, 1.807) is 0 Å². The Hall–Kier alpha value is -1.60. The van der Waals surface area contributed by atoms with E-state index in [4.69, 9.17) is 6.11 Å². The number of hydrogen-bond acceptors (Lipinski definition) is 1. The highest BCUT2D eigenvalue weighted by Gasteiger charge is 2.46. The molecule has 1 aliphatic heterocycles. The molecule has 1 heterocycles. The van der Waals surface area contributed by atoms with Gasteiger partial charge < -0.3 is 4.74 Å². The van der Waals surface area contributed by atoms with Crippen molar-refractivity contribution in [3.63, 3.8) is 0 Å². The summed E-state index contributed by atoms with van der Waals surface area (Å²) in [6, 6.07) is 0.463. The molecule has 180 valence electrons. The topological polar surface area (TPSA) is 12.5 Å². The van der Waals surface area contributed by atoms with Crippen molar-refractivity contribution >= 4 is 0 Å². The molecule has 0 saturated carbocycles. The highest BCUT2D eigenvalue weighted by atomic mass is 16.6. The molecule has 1 nitrogen and oxygen atoms in total. The van der Waals surface area contributed by atoms with Gasteiger partial charge in [0.05, 0.1) is 13.1 Å². The molecule has 1 fully saturated rings. The van der Waals surface area contributed by atoms with Crippen molar-refractivity contribution < 1.29 is 6.11 Å². The van der Waals surface area contributed by atoms with Crippen LogP contribution in [0.15, 0.2) is 70.9 Å². The maximum absolute atomic E-state index is 7.90. The minimum absolute atomic E-state index is 0.119. The van der Waals surface area contributed by atoms with Crippen molar-refractivity contribution in [3.05, 3.63) is 70.9 Å². The highest BCUT2D eigenvalue weighted by molar-refractivity contribution is 5.17. The summed E-state index contributed by atoms with van der Waals surface area (Å²) in [5.74, 6) is 0. The number of epoxide rings is 1. The first-order valence-electron chi connectivity index (χ1n) is 13.1. The van der Waals surface area contributed by atoms with Crippen LogP contribution < -0.4 is 0 Å². The molecule has 0 aromatic heterocycles.